The zero-order chi connectivity index (χ0) is 15.0. The van der Waals surface area contributed by atoms with Crippen molar-refractivity contribution >= 4 is 16.9 Å². The van der Waals surface area contributed by atoms with Crippen molar-refractivity contribution in [2.75, 3.05) is 0 Å². The third-order valence-corrected chi connectivity index (χ3v) is 3.28. The molecule has 1 aromatic heterocycles. The van der Waals surface area contributed by atoms with Gasteiger partial charge >= 0.3 is 5.97 Å². The molecule has 0 aliphatic heterocycles. The number of fused-ring (bicyclic) bond motifs is 1. The number of aromatic nitrogens is 1. The lowest BCUT2D eigenvalue weighted by molar-refractivity contribution is 0.0691. The second-order valence-electron chi connectivity index (χ2n) is 4.52. The molecular weight excluding hydrogens is 270 g/mol. The molecule has 2 N–H and O–H groups in total. The van der Waals surface area contributed by atoms with Crippen LogP contribution in [0.5, 0.6) is 5.75 Å². The van der Waals surface area contributed by atoms with Crippen LogP contribution in [-0.4, -0.2) is 20.7 Å². The molecule has 0 spiro atoms. The minimum atomic E-state index is -1.45. The minimum absolute atomic E-state index is 0.318. The number of aromatic carboxylic acids is 1. The number of aromatic hydroxyl groups is 1. The Balaban J connectivity index is 2.55. The van der Waals surface area contributed by atoms with Crippen LogP contribution in [0.4, 0.5) is 0 Å². The average Bonchev–Trinajstić information content (AvgIpc) is 2.48. The lowest BCUT2D eigenvalue weighted by Gasteiger charge is -2.13. The zero-order valence-electron chi connectivity index (χ0n) is 10.9. The molecule has 0 fully saturated rings. The number of carbonyl (C=O) groups is 1. The Morgan fingerprint density at radius 2 is 1.57 bits per heavy atom. The van der Waals surface area contributed by atoms with Crippen LogP contribution in [0.15, 0.2) is 59.4 Å². The molecule has 0 unspecified atom stereocenters. The van der Waals surface area contributed by atoms with Gasteiger partial charge in [-0.2, -0.15) is 0 Å². The predicted octanol–water partition coefficient (Wildman–Crippen LogP) is 2.39. The highest BCUT2D eigenvalue weighted by Gasteiger charge is 2.21. The van der Waals surface area contributed by atoms with Gasteiger partial charge < -0.3 is 10.2 Å². The SMILES string of the molecule is O=C(O)c1c(O)c2ccccc2n(-c2ccccc2)c1=O. The van der Waals surface area contributed by atoms with Crippen LogP contribution >= 0.6 is 0 Å². The minimum Gasteiger partial charge on any atom is -0.506 e. The van der Waals surface area contributed by atoms with Gasteiger partial charge in [-0.3, -0.25) is 9.36 Å². The van der Waals surface area contributed by atoms with Crippen molar-refractivity contribution in [1.82, 2.24) is 4.57 Å². The summed E-state index contributed by atoms with van der Waals surface area (Å²) in [7, 11) is 0. The van der Waals surface area contributed by atoms with Crippen molar-refractivity contribution in [1.29, 1.82) is 0 Å². The van der Waals surface area contributed by atoms with E-state index in [1.807, 2.05) is 0 Å². The lowest BCUT2D eigenvalue weighted by atomic mass is 10.1. The van der Waals surface area contributed by atoms with Gasteiger partial charge in [0, 0.05) is 11.1 Å². The molecule has 1 heterocycles. The largest absolute Gasteiger partial charge is 0.506 e. The fourth-order valence-corrected chi connectivity index (χ4v) is 2.35. The molecule has 0 saturated carbocycles. The molecule has 0 bridgehead atoms. The Morgan fingerprint density at radius 3 is 2.24 bits per heavy atom. The summed E-state index contributed by atoms with van der Waals surface area (Å²) in [5.41, 5.74) is -0.389. The summed E-state index contributed by atoms with van der Waals surface area (Å²) < 4.78 is 1.29. The van der Waals surface area contributed by atoms with E-state index in [1.165, 1.54) is 4.57 Å². The van der Waals surface area contributed by atoms with E-state index in [1.54, 1.807) is 54.6 Å². The molecule has 0 aliphatic carbocycles. The van der Waals surface area contributed by atoms with Crippen molar-refractivity contribution in [2.24, 2.45) is 0 Å². The van der Waals surface area contributed by atoms with E-state index >= 15 is 0 Å². The molecule has 0 atom stereocenters. The highest BCUT2D eigenvalue weighted by Crippen LogP contribution is 2.27. The topological polar surface area (TPSA) is 79.5 Å². The van der Waals surface area contributed by atoms with Crippen molar-refractivity contribution in [2.45, 2.75) is 0 Å². The number of benzene rings is 2. The highest BCUT2D eigenvalue weighted by molar-refractivity contribution is 5.99. The molecule has 0 amide bonds. The number of pyridine rings is 1. The van der Waals surface area contributed by atoms with Gasteiger partial charge in [-0.15, -0.1) is 0 Å². The fourth-order valence-electron chi connectivity index (χ4n) is 2.35. The number of rotatable bonds is 2. The molecule has 5 heteroatoms. The summed E-state index contributed by atoms with van der Waals surface area (Å²) in [5, 5.41) is 19.6. The van der Waals surface area contributed by atoms with Crippen LogP contribution in [0.25, 0.3) is 16.6 Å². The van der Waals surface area contributed by atoms with Gasteiger partial charge in [0.2, 0.25) is 0 Å². The Kier molecular flexibility index (Phi) is 2.95. The smallest absolute Gasteiger partial charge is 0.345 e. The van der Waals surface area contributed by atoms with Crippen LogP contribution in [0.3, 0.4) is 0 Å². The quantitative estimate of drug-likeness (QED) is 0.756. The summed E-state index contributed by atoms with van der Waals surface area (Å²) >= 11 is 0. The number of hydrogen-bond donors (Lipinski definition) is 2. The van der Waals surface area contributed by atoms with E-state index < -0.39 is 22.8 Å². The van der Waals surface area contributed by atoms with E-state index in [4.69, 9.17) is 0 Å². The second kappa shape index (κ2) is 4.79. The fraction of sp³-hybridized carbons (Fsp3) is 0. The number of nitrogens with zero attached hydrogens (tertiary/aromatic N) is 1. The van der Waals surface area contributed by atoms with Crippen molar-refractivity contribution < 1.29 is 15.0 Å². The third-order valence-electron chi connectivity index (χ3n) is 3.28. The van der Waals surface area contributed by atoms with E-state index in [0.717, 1.165) is 0 Å². The van der Waals surface area contributed by atoms with Gasteiger partial charge in [-0.05, 0) is 24.3 Å². The Hall–Kier alpha value is -3.08. The first kappa shape index (κ1) is 12.9. The number of hydrogen-bond acceptors (Lipinski definition) is 3. The molecule has 2 aromatic carbocycles. The average molecular weight is 281 g/mol. The zero-order valence-corrected chi connectivity index (χ0v) is 10.9. The summed E-state index contributed by atoms with van der Waals surface area (Å²) in [5.74, 6) is -1.96. The van der Waals surface area contributed by atoms with Gasteiger partial charge in [-0.25, -0.2) is 4.79 Å². The van der Waals surface area contributed by atoms with E-state index in [2.05, 4.69) is 0 Å². The summed E-state index contributed by atoms with van der Waals surface area (Å²) in [6, 6.07) is 15.4. The van der Waals surface area contributed by atoms with Crippen molar-refractivity contribution in [3.8, 4) is 11.4 Å². The first-order valence-corrected chi connectivity index (χ1v) is 6.26. The molecule has 3 aromatic rings. The van der Waals surface area contributed by atoms with Gasteiger partial charge in [0.05, 0.1) is 5.52 Å². The normalized spacial score (nSPS) is 10.7. The lowest BCUT2D eigenvalue weighted by Crippen LogP contribution is -2.25. The van der Waals surface area contributed by atoms with Gasteiger partial charge in [-0.1, -0.05) is 30.3 Å². The number of para-hydroxylation sites is 2. The standard InChI is InChI=1S/C16H11NO4/c18-14-11-8-4-5-9-12(11)17(10-6-2-1-3-7-10)15(19)13(14)16(20)21/h1-9,18H,(H,20,21). The Labute approximate surface area is 119 Å². The van der Waals surface area contributed by atoms with E-state index in [9.17, 15) is 19.8 Å². The maximum atomic E-state index is 12.5. The Morgan fingerprint density at radius 1 is 0.952 bits per heavy atom. The molecule has 21 heavy (non-hydrogen) atoms. The van der Waals surface area contributed by atoms with E-state index in [-0.39, 0.29) is 0 Å². The van der Waals surface area contributed by atoms with Crippen molar-refractivity contribution in [3.63, 3.8) is 0 Å². The molecule has 0 aliphatic rings. The summed E-state index contributed by atoms with van der Waals surface area (Å²) in [4.78, 5) is 23.8. The first-order valence-electron chi connectivity index (χ1n) is 6.26. The predicted molar refractivity (Wildman–Crippen MR) is 78.2 cm³/mol. The Bertz CT molecular complexity index is 897. The monoisotopic (exact) mass is 281 g/mol. The van der Waals surface area contributed by atoms with Crippen LogP contribution in [-0.2, 0) is 0 Å². The van der Waals surface area contributed by atoms with Gasteiger partial charge in [0.15, 0.2) is 5.56 Å². The number of carboxylic acid groups (broad SMARTS) is 1. The summed E-state index contributed by atoms with van der Waals surface area (Å²) in [6.07, 6.45) is 0. The van der Waals surface area contributed by atoms with Gasteiger partial charge in [0.1, 0.15) is 5.75 Å². The van der Waals surface area contributed by atoms with Crippen LogP contribution in [0.2, 0.25) is 0 Å². The highest BCUT2D eigenvalue weighted by atomic mass is 16.4. The molecular formula is C16H11NO4. The van der Waals surface area contributed by atoms with E-state index in [0.29, 0.717) is 16.6 Å². The maximum absolute atomic E-state index is 12.5. The van der Waals surface area contributed by atoms with Crippen LogP contribution in [0, 0.1) is 0 Å². The third kappa shape index (κ3) is 1.95. The summed E-state index contributed by atoms with van der Waals surface area (Å²) in [6.45, 7) is 0. The van der Waals surface area contributed by atoms with Crippen LogP contribution in [0.1, 0.15) is 10.4 Å². The second-order valence-corrected chi connectivity index (χ2v) is 4.52. The maximum Gasteiger partial charge on any atom is 0.345 e. The van der Waals surface area contributed by atoms with Crippen molar-refractivity contribution in [3.05, 3.63) is 70.5 Å². The first-order chi connectivity index (χ1) is 10.1. The molecule has 3 rings (SSSR count). The van der Waals surface area contributed by atoms with Crippen LogP contribution < -0.4 is 5.56 Å². The molecule has 0 saturated heterocycles. The molecule has 5 nitrogen and oxygen atoms in total. The molecule has 104 valence electrons. The molecule has 0 radical (unpaired) electrons. The number of carboxylic acids is 1. The van der Waals surface area contributed by atoms with Gasteiger partial charge in [0.25, 0.3) is 5.56 Å².